The molecule has 2 aromatic rings. The second-order valence-electron chi connectivity index (χ2n) is 6.62. The van der Waals surface area contributed by atoms with E-state index in [1.165, 1.54) is 6.07 Å². The Bertz CT molecular complexity index is 783. The minimum atomic E-state index is -4.39. The zero-order chi connectivity index (χ0) is 19.4. The topological polar surface area (TPSA) is 36.4 Å². The van der Waals surface area contributed by atoms with E-state index in [0.717, 1.165) is 48.9 Å². The molecule has 3 rings (SSSR count). The number of aromatic nitrogens is 1. The van der Waals surface area contributed by atoms with Gasteiger partial charge < -0.3 is 4.90 Å². The average Bonchev–Trinajstić information content (AvgIpc) is 3.09. The fourth-order valence-corrected chi connectivity index (χ4v) is 3.85. The zero-order valence-corrected chi connectivity index (χ0v) is 15.9. The number of benzene rings is 1. The second-order valence-corrected chi connectivity index (χ2v) is 7.56. The summed E-state index contributed by atoms with van der Waals surface area (Å²) >= 11 is 1.67. The van der Waals surface area contributed by atoms with Gasteiger partial charge in [0.05, 0.1) is 22.7 Å². The van der Waals surface area contributed by atoms with Crippen LogP contribution in [0.2, 0.25) is 0 Å². The normalized spacial score (nSPS) is 15.9. The third kappa shape index (κ3) is 5.29. The van der Waals surface area contributed by atoms with Crippen LogP contribution in [0.25, 0.3) is 0 Å². The molecule has 1 fully saturated rings. The molecule has 4 nitrogen and oxygen atoms in total. The lowest BCUT2D eigenvalue weighted by Crippen LogP contribution is -2.48. The molecule has 1 aliphatic rings. The summed E-state index contributed by atoms with van der Waals surface area (Å²) in [4.78, 5) is 21.0. The summed E-state index contributed by atoms with van der Waals surface area (Å²) in [6, 6.07) is 5.00. The molecule has 0 bridgehead atoms. The number of amides is 1. The number of aryl methyl sites for hydroxylation is 1. The first kappa shape index (κ1) is 19.8. The number of hydrogen-bond acceptors (Lipinski definition) is 4. The molecular weight excluding hydrogens is 375 g/mol. The summed E-state index contributed by atoms with van der Waals surface area (Å²) in [5.41, 5.74) is 0.736. The highest BCUT2D eigenvalue weighted by Gasteiger charge is 2.30. The maximum atomic E-state index is 12.8. The smallest absolute Gasteiger partial charge is 0.340 e. The van der Waals surface area contributed by atoms with Crippen LogP contribution >= 0.6 is 11.3 Å². The standard InChI is InChI=1S/C19H22F3N3OS/c1-2-17-23-16(13-27-17)12-24-6-8-25(9-7-24)18(26)11-14-4-3-5-15(10-14)19(20,21)22/h3-5,10,13H,2,6-9,11-12H2,1H3. The fourth-order valence-electron chi connectivity index (χ4n) is 3.11. The lowest BCUT2D eigenvalue weighted by molar-refractivity contribution is -0.138. The zero-order valence-electron chi connectivity index (χ0n) is 15.1. The minimum Gasteiger partial charge on any atom is -0.340 e. The lowest BCUT2D eigenvalue weighted by atomic mass is 10.1. The van der Waals surface area contributed by atoms with Gasteiger partial charge in [0.15, 0.2) is 0 Å². The number of carbonyl (C=O) groups excluding carboxylic acids is 1. The Labute approximate surface area is 160 Å². The van der Waals surface area contributed by atoms with Crippen molar-refractivity contribution < 1.29 is 18.0 Å². The minimum absolute atomic E-state index is 0.00410. The largest absolute Gasteiger partial charge is 0.416 e. The van der Waals surface area contributed by atoms with Crippen molar-refractivity contribution in [3.05, 3.63) is 51.5 Å². The highest BCUT2D eigenvalue weighted by atomic mass is 32.1. The third-order valence-electron chi connectivity index (χ3n) is 4.62. The molecule has 0 spiro atoms. The molecule has 1 aromatic heterocycles. The Morgan fingerprint density at radius 3 is 2.59 bits per heavy atom. The van der Waals surface area contributed by atoms with Gasteiger partial charge in [0.2, 0.25) is 5.91 Å². The molecular formula is C19H22F3N3OS. The summed E-state index contributed by atoms with van der Waals surface area (Å²) < 4.78 is 38.4. The van der Waals surface area contributed by atoms with Crippen LogP contribution in [0.1, 0.15) is 28.8 Å². The Hall–Kier alpha value is -1.93. The van der Waals surface area contributed by atoms with E-state index in [9.17, 15) is 18.0 Å². The van der Waals surface area contributed by atoms with Crippen LogP contribution in [-0.4, -0.2) is 46.9 Å². The van der Waals surface area contributed by atoms with Crippen molar-refractivity contribution in [1.82, 2.24) is 14.8 Å². The van der Waals surface area contributed by atoms with Crippen molar-refractivity contribution in [3.63, 3.8) is 0 Å². The molecule has 0 radical (unpaired) electrons. The van der Waals surface area contributed by atoms with Crippen LogP contribution in [0.5, 0.6) is 0 Å². The van der Waals surface area contributed by atoms with Gasteiger partial charge in [-0.2, -0.15) is 13.2 Å². The van der Waals surface area contributed by atoms with Crippen LogP contribution in [-0.2, 0) is 30.4 Å². The molecule has 0 saturated carbocycles. The molecule has 146 valence electrons. The predicted molar refractivity (Wildman–Crippen MR) is 98.5 cm³/mol. The summed E-state index contributed by atoms with van der Waals surface area (Å²) in [5, 5.41) is 3.20. The summed E-state index contributed by atoms with van der Waals surface area (Å²) in [7, 11) is 0. The molecule has 1 amide bonds. The second kappa shape index (κ2) is 8.39. The molecule has 0 unspecified atom stereocenters. The van der Waals surface area contributed by atoms with Crippen molar-refractivity contribution in [2.24, 2.45) is 0 Å². The summed E-state index contributed by atoms with van der Waals surface area (Å²) in [6.07, 6.45) is -3.46. The quantitative estimate of drug-likeness (QED) is 0.773. The van der Waals surface area contributed by atoms with E-state index in [4.69, 9.17) is 0 Å². The Morgan fingerprint density at radius 2 is 1.96 bits per heavy atom. The van der Waals surface area contributed by atoms with Crippen LogP contribution in [0.4, 0.5) is 13.2 Å². The molecule has 2 heterocycles. The monoisotopic (exact) mass is 397 g/mol. The number of nitrogens with zero attached hydrogens (tertiary/aromatic N) is 3. The van der Waals surface area contributed by atoms with E-state index in [0.29, 0.717) is 18.7 Å². The number of thiazole rings is 1. The molecule has 8 heteroatoms. The maximum absolute atomic E-state index is 12.8. The van der Waals surface area contributed by atoms with Crippen LogP contribution in [0.15, 0.2) is 29.6 Å². The lowest BCUT2D eigenvalue weighted by Gasteiger charge is -2.34. The summed E-state index contributed by atoms with van der Waals surface area (Å²) in [6.45, 7) is 5.51. The van der Waals surface area contributed by atoms with Gasteiger partial charge in [0.1, 0.15) is 0 Å². The van der Waals surface area contributed by atoms with Gasteiger partial charge in [-0.05, 0) is 18.1 Å². The van der Waals surface area contributed by atoms with Gasteiger partial charge in [-0.1, -0.05) is 25.1 Å². The first-order valence-corrected chi connectivity index (χ1v) is 9.82. The highest BCUT2D eigenvalue weighted by molar-refractivity contribution is 7.09. The number of halogens is 3. The van der Waals surface area contributed by atoms with E-state index in [-0.39, 0.29) is 12.3 Å². The van der Waals surface area contributed by atoms with Crippen molar-refractivity contribution in [1.29, 1.82) is 0 Å². The van der Waals surface area contributed by atoms with Crippen molar-refractivity contribution in [2.75, 3.05) is 26.2 Å². The van der Waals surface area contributed by atoms with E-state index in [2.05, 4.69) is 22.2 Å². The first-order valence-electron chi connectivity index (χ1n) is 8.94. The van der Waals surface area contributed by atoms with Crippen molar-refractivity contribution in [2.45, 2.75) is 32.5 Å². The molecule has 1 saturated heterocycles. The van der Waals surface area contributed by atoms with Crippen molar-refractivity contribution >= 4 is 17.2 Å². The van der Waals surface area contributed by atoms with Gasteiger partial charge >= 0.3 is 6.18 Å². The SMILES string of the molecule is CCc1nc(CN2CCN(C(=O)Cc3cccc(C(F)(F)F)c3)CC2)cs1. The Kier molecular flexibility index (Phi) is 6.16. The maximum Gasteiger partial charge on any atom is 0.416 e. The van der Waals surface area contributed by atoms with Crippen LogP contribution in [0.3, 0.4) is 0 Å². The van der Waals surface area contributed by atoms with Gasteiger partial charge in [0, 0.05) is 38.1 Å². The molecule has 1 aliphatic heterocycles. The average molecular weight is 397 g/mol. The number of carbonyl (C=O) groups is 1. The third-order valence-corrected chi connectivity index (χ3v) is 5.66. The Balaban J connectivity index is 1.51. The number of rotatable bonds is 5. The van der Waals surface area contributed by atoms with Gasteiger partial charge in [0.25, 0.3) is 0 Å². The first-order chi connectivity index (χ1) is 12.8. The number of alkyl halides is 3. The number of piperazine rings is 1. The highest BCUT2D eigenvalue weighted by Crippen LogP contribution is 2.29. The molecule has 0 aliphatic carbocycles. The van der Waals surface area contributed by atoms with Gasteiger partial charge in [-0.15, -0.1) is 11.3 Å². The van der Waals surface area contributed by atoms with Crippen LogP contribution in [0, 0.1) is 0 Å². The fraction of sp³-hybridized carbons (Fsp3) is 0.474. The summed E-state index contributed by atoms with van der Waals surface area (Å²) in [5.74, 6) is -0.129. The predicted octanol–water partition coefficient (Wildman–Crippen LogP) is 3.61. The van der Waals surface area contributed by atoms with E-state index in [1.54, 1.807) is 22.3 Å². The van der Waals surface area contributed by atoms with Crippen LogP contribution < -0.4 is 0 Å². The number of hydrogen-bond donors (Lipinski definition) is 0. The van der Waals surface area contributed by atoms with E-state index in [1.807, 2.05) is 0 Å². The molecule has 27 heavy (non-hydrogen) atoms. The van der Waals surface area contributed by atoms with E-state index < -0.39 is 11.7 Å². The Morgan fingerprint density at radius 1 is 1.22 bits per heavy atom. The van der Waals surface area contributed by atoms with Gasteiger partial charge in [-0.3, -0.25) is 9.69 Å². The van der Waals surface area contributed by atoms with E-state index >= 15 is 0 Å². The molecule has 1 aromatic carbocycles. The molecule has 0 N–H and O–H groups in total. The van der Waals surface area contributed by atoms with Gasteiger partial charge in [-0.25, -0.2) is 4.98 Å². The van der Waals surface area contributed by atoms with Crippen molar-refractivity contribution in [3.8, 4) is 0 Å². The molecule has 0 atom stereocenters.